The van der Waals surface area contributed by atoms with Crippen molar-refractivity contribution in [2.24, 2.45) is 0 Å². The van der Waals surface area contributed by atoms with E-state index in [0.717, 1.165) is 19.4 Å². The van der Waals surface area contributed by atoms with Crippen molar-refractivity contribution in [3.05, 3.63) is 16.1 Å². The molecule has 0 saturated heterocycles. The lowest BCUT2D eigenvalue weighted by Crippen LogP contribution is -2.29. The van der Waals surface area contributed by atoms with Crippen molar-refractivity contribution in [2.45, 2.75) is 32.6 Å². The highest BCUT2D eigenvalue weighted by Gasteiger charge is 2.12. The van der Waals surface area contributed by atoms with Crippen molar-refractivity contribution in [3.63, 3.8) is 0 Å². The molecule has 1 rings (SSSR count). The smallest absolute Gasteiger partial charge is 0.309 e. The summed E-state index contributed by atoms with van der Waals surface area (Å²) in [5.41, 5.74) is 0.520. The van der Waals surface area contributed by atoms with Gasteiger partial charge in [0.15, 0.2) is 0 Å². The van der Waals surface area contributed by atoms with Gasteiger partial charge in [0.1, 0.15) is 5.01 Å². The van der Waals surface area contributed by atoms with Crippen LogP contribution in [-0.2, 0) is 22.4 Å². The summed E-state index contributed by atoms with van der Waals surface area (Å²) in [4.78, 5) is 28.2. The third-order valence-corrected chi connectivity index (χ3v) is 3.40. The molecule has 18 heavy (non-hydrogen) atoms. The Balaban J connectivity index is 2.48. The number of hydrogen-bond acceptors (Lipinski definition) is 4. The van der Waals surface area contributed by atoms with Gasteiger partial charge in [-0.2, -0.15) is 0 Å². The van der Waals surface area contributed by atoms with Crippen LogP contribution in [0.1, 0.15) is 30.5 Å². The Morgan fingerprint density at radius 2 is 2.17 bits per heavy atom. The molecule has 0 aliphatic carbocycles. The molecule has 6 heteroatoms. The number of carboxylic acid groups (broad SMARTS) is 1. The molecule has 1 N–H and O–H groups in total. The molecule has 0 aliphatic heterocycles. The van der Waals surface area contributed by atoms with Gasteiger partial charge in [-0.1, -0.05) is 13.3 Å². The second-order valence-electron chi connectivity index (χ2n) is 4.15. The molecule has 0 atom stereocenters. The number of nitrogens with zero attached hydrogens (tertiary/aromatic N) is 2. The first-order valence-corrected chi connectivity index (χ1v) is 6.80. The van der Waals surface area contributed by atoms with E-state index in [1.807, 2.05) is 0 Å². The van der Waals surface area contributed by atoms with Crippen molar-refractivity contribution < 1.29 is 14.7 Å². The van der Waals surface area contributed by atoms with Gasteiger partial charge in [-0.3, -0.25) is 9.59 Å². The number of carbonyl (C=O) groups is 2. The van der Waals surface area contributed by atoms with Crippen LogP contribution < -0.4 is 0 Å². The molecule has 0 aliphatic rings. The van der Waals surface area contributed by atoms with E-state index in [4.69, 9.17) is 5.11 Å². The first-order chi connectivity index (χ1) is 8.52. The van der Waals surface area contributed by atoms with Crippen LogP contribution in [0.25, 0.3) is 0 Å². The number of carboxylic acids is 1. The maximum Gasteiger partial charge on any atom is 0.309 e. The summed E-state index contributed by atoms with van der Waals surface area (Å²) in [5.74, 6) is -0.877. The van der Waals surface area contributed by atoms with Gasteiger partial charge in [0.2, 0.25) is 5.91 Å². The molecule has 0 unspecified atom stereocenters. The van der Waals surface area contributed by atoms with Crippen LogP contribution in [0.3, 0.4) is 0 Å². The lowest BCUT2D eigenvalue weighted by molar-refractivity contribution is -0.136. The van der Waals surface area contributed by atoms with E-state index in [0.29, 0.717) is 10.7 Å². The van der Waals surface area contributed by atoms with E-state index in [1.54, 1.807) is 17.3 Å². The number of aromatic nitrogens is 1. The molecule has 100 valence electrons. The Kier molecular flexibility index (Phi) is 5.77. The third kappa shape index (κ3) is 4.83. The summed E-state index contributed by atoms with van der Waals surface area (Å²) in [5, 5.41) is 11.0. The molecule has 0 aromatic carbocycles. The van der Waals surface area contributed by atoms with E-state index < -0.39 is 5.97 Å². The molecule has 1 amide bonds. The Bertz CT molecular complexity index is 417. The highest BCUT2D eigenvalue weighted by atomic mass is 32.1. The largest absolute Gasteiger partial charge is 0.481 e. The van der Waals surface area contributed by atoms with Crippen LogP contribution in [0.4, 0.5) is 0 Å². The fourth-order valence-electron chi connectivity index (χ4n) is 1.45. The van der Waals surface area contributed by atoms with Crippen LogP contribution >= 0.6 is 11.3 Å². The van der Waals surface area contributed by atoms with E-state index in [9.17, 15) is 9.59 Å². The summed E-state index contributed by atoms with van der Waals surface area (Å²) in [7, 11) is 1.78. The average molecular weight is 270 g/mol. The molecule has 5 nitrogen and oxygen atoms in total. The SMILES string of the molecule is CCCCN(C)C(=O)Cc1nc(CC(=O)O)cs1. The van der Waals surface area contributed by atoms with Crippen molar-refractivity contribution in [1.29, 1.82) is 0 Å². The average Bonchev–Trinajstić information content (AvgIpc) is 2.72. The minimum Gasteiger partial charge on any atom is -0.481 e. The van der Waals surface area contributed by atoms with Crippen LogP contribution in [0.5, 0.6) is 0 Å². The molecular formula is C12H18N2O3S. The zero-order valence-electron chi connectivity index (χ0n) is 10.7. The maximum absolute atomic E-state index is 11.8. The van der Waals surface area contributed by atoms with E-state index >= 15 is 0 Å². The third-order valence-electron chi connectivity index (χ3n) is 2.51. The molecule has 0 fully saturated rings. The van der Waals surface area contributed by atoms with Gasteiger partial charge in [0.05, 0.1) is 18.5 Å². The van der Waals surface area contributed by atoms with E-state index in [2.05, 4.69) is 11.9 Å². The van der Waals surface area contributed by atoms with Gasteiger partial charge in [-0.05, 0) is 6.42 Å². The van der Waals surface area contributed by atoms with E-state index in [1.165, 1.54) is 11.3 Å². The minimum atomic E-state index is -0.904. The number of thiazole rings is 1. The zero-order valence-corrected chi connectivity index (χ0v) is 11.5. The first-order valence-electron chi connectivity index (χ1n) is 5.92. The van der Waals surface area contributed by atoms with Crippen molar-refractivity contribution in [2.75, 3.05) is 13.6 Å². The molecule has 1 aromatic heterocycles. The number of hydrogen-bond donors (Lipinski definition) is 1. The second-order valence-corrected chi connectivity index (χ2v) is 5.09. The maximum atomic E-state index is 11.8. The lowest BCUT2D eigenvalue weighted by Gasteiger charge is -2.15. The van der Waals surface area contributed by atoms with Crippen LogP contribution in [0, 0.1) is 0 Å². The summed E-state index contributed by atoms with van der Waals surface area (Å²) < 4.78 is 0. The zero-order chi connectivity index (χ0) is 13.5. The highest BCUT2D eigenvalue weighted by Crippen LogP contribution is 2.12. The standard InChI is InChI=1S/C12H18N2O3S/c1-3-4-5-14(2)11(15)7-10-13-9(8-18-10)6-12(16)17/h8H,3-7H2,1-2H3,(H,16,17). The molecule has 0 spiro atoms. The van der Waals surface area contributed by atoms with Crippen LogP contribution in [-0.4, -0.2) is 40.5 Å². The van der Waals surface area contributed by atoms with Crippen molar-refractivity contribution in [3.8, 4) is 0 Å². The summed E-state index contributed by atoms with van der Waals surface area (Å²) >= 11 is 1.34. The van der Waals surface area contributed by atoms with Gasteiger partial charge in [0.25, 0.3) is 0 Å². The molecule has 0 bridgehead atoms. The molecule has 0 radical (unpaired) electrons. The Hall–Kier alpha value is -1.43. The predicted molar refractivity (Wildman–Crippen MR) is 69.7 cm³/mol. The lowest BCUT2D eigenvalue weighted by atomic mass is 10.3. The van der Waals surface area contributed by atoms with Crippen molar-refractivity contribution in [1.82, 2.24) is 9.88 Å². The van der Waals surface area contributed by atoms with Gasteiger partial charge in [-0.15, -0.1) is 11.3 Å². The molecule has 1 aromatic rings. The number of amides is 1. The minimum absolute atomic E-state index is 0.0275. The number of likely N-dealkylation sites (N-methyl/N-ethyl adjacent to an activating group) is 1. The quantitative estimate of drug-likeness (QED) is 0.816. The second kappa shape index (κ2) is 7.10. The van der Waals surface area contributed by atoms with Gasteiger partial charge in [-0.25, -0.2) is 4.98 Å². The van der Waals surface area contributed by atoms with Crippen LogP contribution in [0.15, 0.2) is 5.38 Å². The Morgan fingerprint density at radius 1 is 1.44 bits per heavy atom. The first kappa shape index (κ1) is 14.6. The predicted octanol–water partition coefficient (Wildman–Crippen LogP) is 1.57. The fourth-order valence-corrected chi connectivity index (χ4v) is 2.24. The summed E-state index contributed by atoms with van der Waals surface area (Å²) in [6, 6.07) is 0. The summed E-state index contributed by atoms with van der Waals surface area (Å²) in [6.07, 6.45) is 2.21. The van der Waals surface area contributed by atoms with E-state index in [-0.39, 0.29) is 18.7 Å². The molecular weight excluding hydrogens is 252 g/mol. The number of rotatable bonds is 7. The number of carbonyl (C=O) groups excluding carboxylic acids is 1. The van der Waals surface area contributed by atoms with Gasteiger partial charge in [0, 0.05) is 19.0 Å². The fraction of sp³-hybridized carbons (Fsp3) is 0.583. The number of aliphatic carboxylic acids is 1. The molecule has 1 heterocycles. The Labute approximate surface area is 110 Å². The van der Waals surface area contributed by atoms with Gasteiger partial charge < -0.3 is 10.0 Å². The van der Waals surface area contributed by atoms with Gasteiger partial charge >= 0.3 is 5.97 Å². The topological polar surface area (TPSA) is 70.5 Å². The molecule has 0 saturated carbocycles. The number of unbranched alkanes of at least 4 members (excludes halogenated alkanes) is 1. The summed E-state index contributed by atoms with van der Waals surface area (Å²) in [6.45, 7) is 2.83. The van der Waals surface area contributed by atoms with Crippen molar-refractivity contribution >= 4 is 23.2 Å². The normalized spacial score (nSPS) is 10.3. The highest BCUT2D eigenvalue weighted by molar-refractivity contribution is 7.09. The monoisotopic (exact) mass is 270 g/mol. The van der Waals surface area contributed by atoms with Crippen LogP contribution in [0.2, 0.25) is 0 Å². The Morgan fingerprint density at radius 3 is 2.78 bits per heavy atom.